The van der Waals surface area contributed by atoms with Crippen molar-refractivity contribution < 1.29 is 20.1 Å². The molecule has 0 amide bonds. The van der Waals surface area contributed by atoms with E-state index in [1.807, 2.05) is 0 Å². The number of aliphatic hydroxyl groups excluding tert-OH is 3. The third kappa shape index (κ3) is 2.88. The van der Waals surface area contributed by atoms with Gasteiger partial charge in [0.2, 0.25) is 0 Å². The van der Waals surface area contributed by atoms with Gasteiger partial charge in [0.15, 0.2) is 0 Å². The van der Waals surface area contributed by atoms with E-state index in [0.29, 0.717) is 0 Å². The van der Waals surface area contributed by atoms with Gasteiger partial charge >= 0.3 is 0 Å². The average Bonchev–Trinajstić information content (AvgIpc) is 2.77. The normalized spacial score (nSPS) is 39.6. The second kappa shape index (κ2) is 6.34. The van der Waals surface area contributed by atoms with Gasteiger partial charge in [0, 0.05) is 0 Å². The van der Waals surface area contributed by atoms with Gasteiger partial charge in [0.25, 0.3) is 0 Å². The SMILES string of the molecule is CCCCCC1=N[C@@H]2[C@@H](O)[C@H](O)[C@H](CO)O[C@@H]2S1. The van der Waals surface area contributed by atoms with Gasteiger partial charge in [-0.2, -0.15) is 0 Å². The molecular formula is C12H21NO4S. The molecule has 104 valence electrons. The minimum absolute atomic E-state index is 0.267. The van der Waals surface area contributed by atoms with Crippen LogP contribution >= 0.6 is 11.8 Å². The molecule has 6 heteroatoms. The molecule has 3 N–H and O–H groups in total. The first-order chi connectivity index (χ1) is 8.67. The van der Waals surface area contributed by atoms with Crippen LogP contribution in [0.5, 0.6) is 0 Å². The van der Waals surface area contributed by atoms with Crippen molar-refractivity contribution in [1.29, 1.82) is 0 Å². The molecule has 0 spiro atoms. The zero-order chi connectivity index (χ0) is 13.1. The van der Waals surface area contributed by atoms with Crippen LogP contribution in [0.25, 0.3) is 0 Å². The summed E-state index contributed by atoms with van der Waals surface area (Å²) in [4.78, 5) is 4.45. The van der Waals surface area contributed by atoms with Gasteiger partial charge in [-0.3, -0.25) is 4.99 Å². The third-order valence-electron chi connectivity index (χ3n) is 3.39. The van der Waals surface area contributed by atoms with Crippen molar-refractivity contribution in [3.05, 3.63) is 0 Å². The van der Waals surface area contributed by atoms with Crippen LogP contribution in [0.3, 0.4) is 0 Å². The fourth-order valence-electron chi connectivity index (χ4n) is 2.28. The number of unbranched alkanes of at least 4 members (excludes halogenated alkanes) is 2. The highest BCUT2D eigenvalue weighted by Crippen LogP contribution is 2.37. The van der Waals surface area contributed by atoms with E-state index in [2.05, 4.69) is 11.9 Å². The molecule has 2 heterocycles. The van der Waals surface area contributed by atoms with Crippen molar-refractivity contribution in [3.63, 3.8) is 0 Å². The Kier molecular flexibility index (Phi) is 5.03. The van der Waals surface area contributed by atoms with Crippen LogP contribution in [0.2, 0.25) is 0 Å². The van der Waals surface area contributed by atoms with E-state index >= 15 is 0 Å². The third-order valence-corrected chi connectivity index (χ3v) is 4.59. The molecule has 0 aromatic rings. The number of nitrogens with zero attached hydrogens (tertiary/aromatic N) is 1. The maximum Gasteiger partial charge on any atom is 0.134 e. The molecular weight excluding hydrogens is 254 g/mol. The van der Waals surface area contributed by atoms with Crippen LogP contribution in [0.4, 0.5) is 0 Å². The van der Waals surface area contributed by atoms with E-state index in [0.717, 1.165) is 24.3 Å². The van der Waals surface area contributed by atoms with Crippen LogP contribution in [0.15, 0.2) is 4.99 Å². The molecule has 0 bridgehead atoms. The fourth-order valence-corrected chi connectivity index (χ4v) is 3.55. The van der Waals surface area contributed by atoms with E-state index in [9.17, 15) is 10.2 Å². The molecule has 2 rings (SSSR count). The van der Waals surface area contributed by atoms with Gasteiger partial charge in [-0.05, 0) is 12.8 Å². The topological polar surface area (TPSA) is 82.3 Å². The molecule has 1 fully saturated rings. The summed E-state index contributed by atoms with van der Waals surface area (Å²) in [5.74, 6) is 0. The van der Waals surface area contributed by atoms with Gasteiger partial charge in [0.1, 0.15) is 29.8 Å². The number of hydrogen-bond donors (Lipinski definition) is 3. The summed E-state index contributed by atoms with van der Waals surface area (Å²) in [5.41, 5.74) is -0.267. The highest BCUT2D eigenvalue weighted by Gasteiger charge is 2.47. The van der Waals surface area contributed by atoms with E-state index in [1.165, 1.54) is 18.2 Å². The maximum absolute atomic E-state index is 9.98. The summed E-state index contributed by atoms with van der Waals surface area (Å²) < 4.78 is 5.57. The summed E-state index contributed by atoms with van der Waals surface area (Å²) in [6.07, 6.45) is 1.60. The van der Waals surface area contributed by atoms with Gasteiger partial charge in [0.05, 0.1) is 11.7 Å². The number of thioether (sulfide) groups is 1. The monoisotopic (exact) mass is 275 g/mol. The summed E-state index contributed by atoms with van der Waals surface area (Å²) in [5, 5.41) is 29.8. The number of ether oxygens (including phenoxy) is 1. The molecule has 0 radical (unpaired) electrons. The lowest BCUT2D eigenvalue weighted by atomic mass is 9.99. The Morgan fingerprint density at radius 2 is 2.06 bits per heavy atom. The molecule has 2 aliphatic rings. The van der Waals surface area contributed by atoms with Crippen LogP contribution in [0, 0.1) is 0 Å². The zero-order valence-corrected chi connectivity index (χ0v) is 11.3. The van der Waals surface area contributed by atoms with Gasteiger partial charge < -0.3 is 20.1 Å². The van der Waals surface area contributed by atoms with E-state index in [-0.39, 0.29) is 12.0 Å². The number of hydrogen-bond acceptors (Lipinski definition) is 6. The highest BCUT2D eigenvalue weighted by molar-refractivity contribution is 8.14. The Balaban J connectivity index is 1.95. The van der Waals surface area contributed by atoms with Crippen LogP contribution in [-0.2, 0) is 4.74 Å². The lowest BCUT2D eigenvalue weighted by molar-refractivity contribution is -0.164. The first-order valence-corrected chi connectivity index (χ1v) is 7.41. The van der Waals surface area contributed by atoms with Crippen molar-refractivity contribution in [2.45, 2.75) is 62.4 Å². The fraction of sp³-hybridized carbons (Fsp3) is 0.917. The molecule has 0 aromatic carbocycles. The molecule has 0 unspecified atom stereocenters. The van der Waals surface area contributed by atoms with Crippen molar-refractivity contribution >= 4 is 16.8 Å². The Bertz CT molecular complexity index is 312. The minimum Gasteiger partial charge on any atom is -0.394 e. The molecule has 0 aliphatic carbocycles. The largest absolute Gasteiger partial charge is 0.394 e. The predicted octanol–water partition coefficient (Wildman–Crippen LogP) is 0.520. The van der Waals surface area contributed by atoms with Gasteiger partial charge in [-0.25, -0.2) is 0 Å². The summed E-state index contributed by atoms with van der Waals surface area (Å²) in [6.45, 7) is 1.87. The first kappa shape index (κ1) is 14.3. The summed E-state index contributed by atoms with van der Waals surface area (Å²) in [6, 6.07) is -0.399. The molecule has 0 saturated carbocycles. The second-order valence-corrected chi connectivity index (χ2v) is 5.97. The Morgan fingerprint density at radius 3 is 2.72 bits per heavy atom. The minimum atomic E-state index is -1.06. The number of fused-ring (bicyclic) bond motifs is 1. The summed E-state index contributed by atoms with van der Waals surface area (Å²) >= 11 is 1.52. The second-order valence-electron chi connectivity index (χ2n) is 4.80. The predicted molar refractivity (Wildman–Crippen MR) is 70.7 cm³/mol. The van der Waals surface area contributed by atoms with Crippen LogP contribution in [-0.4, -0.2) is 56.8 Å². The Morgan fingerprint density at radius 1 is 1.28 bits per heavy atom. The molecule has 18 heavy (non-hydrogen) atoms. The standard InChI is InChI=1S/C12H21NO4S/c1-2-3-4-5-8-13-9-11(16)10(15)7(6-14)17-12(9)18-8/h7,9-12,14-16H,2-6H2,1H3/t7-,9+,10+,11+,12+/m0/s1. The average molecular weight is 275 g/mol. The quantitative estimate of drug-likeness (QED) is 0.637. The smallest absolute Gasteiger partial charge is 0.134 e. The first-order valence-electron chi connectivity index (χ1n) is 6.53. The molecule has 2 aliphatic heterocycles. The number of aliphatic hydroxyl groups is 3. The maximum atomic E-state index is 9.98. The Labute approximate surface area is 111 Å². The highest BCUT2D eigenvalue weighted by atomic mass is 32.2. The molecule has 1 saturated heterocycles. The molecule has 0 aromatic heterocycles. The van der Waals surface area contributed by atoms with Gasteiger partial charge in [-0.1, -0.05) is 31.5 Å². The zero-order valence-electron chi connectivity index (χ0n) is 10.5. The van der Waals surface area contributed by atoms with E-state index in [4.69, 9.17) is 9.84 Å². The lowest BCUT2D eigenvalue weighted by Crippen LogP contribution is -2.55. The number of rotatable bonds is 5. The van der Waals surface area contributed by atoms with Crippen molar-refractivity contribution in [2.24, 2.45) is 4.99 Å². The summed E-state index contributed by atoms with van der Waals surface area (Å²) in [7, 11) is 0. The van der Waals surface area contributed by atoms with Gasteiger partial charge in [-0.15, -0.1) is 0 Å². The molecule has 5 nitrogen and oxygen atoms in total. The van der Waals surface area contributed by atoms with Crippen molar-refractivity contribution in [3.8, 4) is 0 Å². The Hall–Kier alpha value is -0.140. The van der Waals surface area contributed by atoms with Crippen LogP contribution in [0.1, 0.15) is 32.6 Å². The van der Waals surface area contributed by atoms with E-state index in [1.54, 1.807) is 0 Å². The molecule has 5 atom stereocenters. The van der Waals surface area contributed by atoms with E-state index < -0.39 is 24.4 Å². The number of aliphatic imine (C=N–C) groups is 1. The van der Waals surface area contributed by atoms with Crippen molar-refractivity contribution in [1.82, 2.24) is 0 Å². The van der Waals surface area contributed by atoms with Crippen molar-refractivity contribution in [2.75, 3.05) is 6.61 Å². The lowest BCUT2D eigenvalue weighted by Gasteiger charge is -2.37. The van der Waals surface area contributed by atoms with Crippen LogP contribution < -0.4 is 0 Å².